The van der Waals surface area contributed by atoms with Crippen molar-refractivity contribution in [3.8, 4) is 0 Å². The topological polar surface area (TPSA) is 55.6 Å². The van der Waals surface area contributed by atoms with Gasteiger partial charge in [-0.2, -0.15) is 0 Å². The number of aromatic nitrogens is 2. The molecule has 2 aromatic heterocycles. The molecule has 1 aliphatic rings. The summed E-state index contributed by atoms with van der Waals surface area (Å²) in [6.45, 7) is 5.23. The summed E-state index contributed by atoms with van der Waals surface area (Å²) in [5.41, 5.74) is 3.30. The summed E-state index contributed by atoms with van der Waals surface area (Å²) < 4.78 is 7.69. The van der Waals surface area contributed by atoms with Crippen LogP contribution in [0.25, 0.3) is 5.65 Å². The Kier molecular flexibility index (Phi) is 4.96. The Hall–Kier alpha value is -1.88. The molecule has 0 spiro atoms. The first-order chi connectivity index (χ1) is 11.1. The van der Waals surface area contributed by atoms with Crippen LogP contribution in [0.3, 0.4) is 0 Å². The highest BCUT2D eigenvalue weighted by Gasteiger charge is 2.17. The van der Waals surface area contributed by atoms with Crippen molar-refractivity contribution in [3.05, 3.63) is 35.3 Å². The lowest BCUT2D eigenvalue weighted by Crippen LogP contribution is -2.27. The van der Waals surface area contributed by atoms with E-state index < -0.39 is 0 Å². The van der Waals surface area contributed by atoms with Crippen molar-refractivity contribution in [2.24, 2.45) is 0 Å². The fourth-order valence-electron chi connectivity index (χ4n) is 3.20. The van der Waals surface area contributed by atoms with E-state index in [1.807, 2.05) is 36.6 Å². The van der Waals surface area contributed by atoms with Crippen molar-refractivity contribution in [3.63, 3.8) is 0 Å². The first kappa shape index (κ1) is 16.0. The summed E-state index contributed by atoms with van der Waals surface area (Å²) in [7, 11) is 0. The summed E-state index contributed by atoms with van der Waals surface area (Å²) in [5.74, 6) is -0.0681. The molecule has 5 nitrogen and oxygen atoms in total. The SMILES string of the molecule is Cc1ccc2nc(C)c(C(=O)NCCCOC3CCCC3)n2c1. The Morgan fingerprint density at radius 3 is 2.91 bits per heavy atom. The smallest absolute Gasteiger partial charge is 0.270 e. The van der Waals surface area contributed by atoms with E-state index in [1.165, 1.54) is 25.7 Å². The number of carbonyl (C=O) groups is 1. The molecule has 1 N–H and O–H groups in total. The molecule has 2 heterocycles. The van der Waals surface area contributed by atoms with Crippen LogP contribution < -0.4 is 5.32 Å². The van der Waals surface area contributed by atoms with Crippen LogP contribution in [0.2, 0.25) is 0 Å². The second-order valence-electron chi connectivity index (χ2n) is 6.37. The van der Waals surface area contributed by atoms with E-state index in [0.29, 0.717) is 18.3 Å². The lowest BCUT2D eigenvalue weighted by Gasteiger charge is -2.11. The minimum atomic E-state index is -0.0681. The van der Waals surface area contributed by atoms with Gasteiger partial charge in [0.15, 0.2) is 0 Å². The van der Waals surface area contributed by atoms with E-state index in [1.54, 1.807) is 0 Å². The molecule has 124 valence electrons. The van der Waals surface area contributed by atoms with Gasteiger partial charge in [0.05, 0.1) is 11.8 Å². The molecule has 0 saturated heterocycles. The molecule has 5 heteroatoms. The van der Waals surface area contributed by atoms with E-state index in [2.05, 4.69) is 10.3 Å². The molecule has 0 atom stereocenters. The van der Waals surface area contributed by atoms with E-state index in [0.717, 1.165) is 29.9 Å². The molecule has 0 aliphatic heterocycles. The standard InChI is InChI=1S/C18H25N3O2/c1-13-8-9-16-20-14(2)17(21(16)12-13)18(22)19-10-5-11-23-15-6-3-4-7-15/h8-9,12,15H,3-7,10-11H2,1-2H3,(H,19,22). The van der Waals surface area contributed by atoms with Crippen molar-refractivity contribution in [1.82, 2.24) is 14.7 Å². The van der Waals surface area contributed by atoms with E-state index in [4.69, 9.17) is 4.74 Å². The highest BCUT2D eigenvalue weighted by molar-refractivity contribution is 5.94. The van der Waals surface area contributed by atoms with Gasteiger partial charge in [-0.3, -0.25) is 9.20 Å². The summed E-state index contributed by atoms with van der Waals surface area (Å²) in [5, 5.41) is 2.98. The minimum absolute atomic E-state index is 0.0681. The Morgan fingerprint density at radius 1 is 1.35 bits per heavy atom. The van der Waals surface area contributed by atoms with Gasteiger partial charge in [0.25, 0.3) is 5.91 Å². The summed E-state index contributed by atoms with van der Waals surface area (Å²) in [6, 6.07) is 3.94. The van der Waals surface area contributed by atoms with E-state index in [-0.39, 0.29) is 5.91 Å². The number of pyridine rings is 1. The van der Waals surface area contributed by atoms with Crippen molar-refractivity contribution >= 4 is 11.6 Å². The molecule has 0 radical (unpaired) electrons. The number of amides is 1. The number of ether oxygens (including phenoxy) is 1. The van der Waals surface area contributed by atoms with Crippen LogP contribution in [0.4, 0.5) is 0 Å². The van der Waals surface area contributed by atoms with Gasteiger partial charge in [0, 0.05) is 19.3 Å². The second kappa shape index (κ2) is 7.13. The highest BCUT2D eigenvalue weighted by atomic mass is 16.5. The molecule has 0 unspecified atom stereocenters. The number of fused-ring (bicyclic) bond motifs is 1. The molecule has 2 aromatic rings. The second-order valence-corrected chi connectivity index (χ2v) is 6.37. The molecular formula is C18H25N3O2. The Labute approximate surface area is 137 Å². The van der Waals surface area contributed by atoms with Gasteiger partial charge >= 0.3 is 0 Å². The lowest BCUT2D eigenvalue weighted by molar-refractivity contribution is 0.0565. The van der Waals surface area contributed by atoms with Gasteiger partial charge in [0.1, 0.15) is 11.3 Å². The van der Waals surface area contributed by atoms with Crippen LogP contribution >= 0.6 is 0 Å². The van der Waals surface area contributed by atoms with Gasteiger partial charge in [-0.05, 0) is 44.7 Å². The minimum Gasteiger partial charge on any atom is -0.378 e. The monoisotopic (exact) mass is 315 g/mol. The lowest BCUT2D eigenvalue weighted by atomic mass is 10.3. The third-order valence-corrected chi connectivity index (χ3v) is 4.42. The number of nitrogens with zero attached hydrogens (tertiary/aromatic N) is 2. The number of rotatable bonds is 6. The predicted molar refractivity (Wildman–Crippen MR) is 89.8 cm³/mol. The van der Waals surface area contributed by atoms with Crippen molar-refractivity contribution in [2.75, 3.05) is 13.2 Å². The first-order valence-corrected chi connectivity index (χ1v) is 8.50. The number of hydrogen-bond acceptors (Lipinski definition) is 3. The zero-order valence-electron chi connectivity index (χ0n) is 14.0. The molecule has 1 fully saturated rings. The fraction of sp³-hybridized carbons (Fsp3) is 0.556. The van der Waals surface area contributed by atoms with Crippen molar-refractivity contribution in [2.45, 2.75) is 52.1 Å². The Balaban J connectivity index is 1.53. The Morgan fingerprint density at radius 2 is 2.13 bits per heavy atom. The molecule has 1 amide bonds. The van der Waals surface area contributed by atoms with Gasteiger partial charge in [-0.1, -0.05) is 18.9 Å². The quantitative estimate of drug-likeness (QED) is 0.834. The maximum absolute atomic E-state index is 12.5. The molecule has 23 heavy (non-hydrogen) atoms. The molecule has 0 aromatic carbocycles. The summed E-state index contributed by atoms with van der Waals surface area (Å²) in [4.78, 5) is 16.9. The zero-order chi connectivity index (χ0) is 16.2. The maximum atomic E-state index is 12.5. The van der Waals surface area contributed by atoms with Gasteiger partial charge < -0.3 is 10.1 Å². The average Bonchev–Trinajstić information content (AvgIpc) is 3.13. The summed E-state index contributed by atoms with van der Waals surface area (Å²) in [6.07, 6.45) is 8.18. The third-order valence-electron chi connectivity index (χ3n) is 4.42. The molecule has 3 rings (SSSR count). The normalized spacial score (nSPS) is 15.4. The van der Waals surface area contributed by atoms with Crippen molar-refractivity contribution in [1.29, 1.82) is 0 Å². The van der Waals surface area contributed by atoms with Gasteiger partial charge in [0.2, 0.25) is 0 Å². The van der Waals surface area contributed by atoms with Crippen LogP contribution in [0.15, 0.2) is 18.3 Å². The average molecular weight is 315 g/mol. The van der Waals surface area contributed by atoms with E-state index in [9.17, 15) is 4.79 Å². The molecule has 0 bridgehead atoms. The predicted octanol–water partition coefficient (Wildman–Crippen LogP) is 3.03. The largest absolute Gasteiger partial charge is 0.378 e. The number of carbonyl (C=O) groups excluding carboxylic acids is 1. The number of imidazole rings is 1. The van der Waals surface area contributed by atoms with Gasteiger partial charge in [-0.25, -0.2) is 4.98 Å². The van der Waals surface area contributed by atoms with Crippen LogP contribution in [0, 0.1) is 13.8 Å². The fourth-order valence-corrected chi connectivity index (χ4v) is 3.20. The van der Waals surface area contributed by atoms with Crippen molar-refractivity contribution < 1.29 is 9.53 Å². The molecular weight excluding hydrogens is 290 g/mol. The van der Waals surface area contributed by atoms with E-state index >= 15 is 0 Å². The number of nitrogens with one attached hydrogen (secondary N) is 1. The zero-order valence-corrected chi connectivity index (χ0v) is 14.0. The Bertz CT molecular complexity index is 687. The highest BCUT2D eigenvalue weighted by Crippen LogP contribution is 2.20. The van der Waals surface area contributed by atoms with Crippen LogP contribution in [0.1, 0.15) is 53.8 Å². The molecule has 1 saturated carbocycles. The third kappa shape index (κ3) is 3.72. The maximum Gasteiger partial charge on any atom is 0.270 e. The number of aryl methyl sites for hydroxylation is 2. The van der Waals surface area contributed by atoms with Gasteiger partial charge in [-0.15, -0.1) is 0 Å². The molecule has 1 aliphatic carbocycles. The van der Waals surface area contributed by atoms with Crippen LogP contribution in [0.5, 0.6) is 0 Å². The number of hydrogen-bond donors (Lipinski definition) is 1. The first-order valence-electron chi connectivity index (χ1n) is 8.50. The van der Waals surface area contributed by atoms with Crippen LogP contribution in [-0.2, 0) is 4.74 Å². The summed E-state index contributed by atoms with van der Waals surface area (Å²) >= 11 is 0. The van der Waals surface area contributed by atoms with Crippen LogP contribution in [-0.4, -0.2) is 34.5 Å².